The number of fused-ring (bicyclic) bond motifs is 2. The predicted octanol–water partition coefficient (Wildman–Crippen LogP) is 0.152. The Balaban J connectivity index is 1.72. The number of carbonyl (C=O) groups excluding carboxylic acids is 1. The summed E-state index contributed by atoms with van der Waals surface area (Å²) in [7, 11) is 0. The molecule has 3 aliphatic rings. The zero-order chi connectivity index (χ0) is 16.7. The molecule has 1 aromatic carbocycles. The molecule has 4 N–H and O–H groups in total. The molecule has 2 aliphatic heterocycles. The molecule has 0 radical (unpaired) electrons. The minimum absolute atomic E-state index is 0.0612. The second kappa shape index (κ2) is 5.93. The molecule has 6 nitrogen and oxygen atoms in total. The molecular weight excluding hydrogens is 308 g/mol. The molecule has 0 spiro atoms. The van der Waals surface area contributed by atoms with Crippen molar-refractivity contribution >= 4 is 5.91 Å². The number of ether oxygens (including phenoxy) is 2. The fraction of sp³-hybridized carbons (Fsp3) is 0.611. The fourth-order valence-corrected chi connectivity index (χ4v) is 4.85. The Morgan fingerprint density at radius 3 is 2.96 bits per heavy atom. The number of nitrogens with two attached hydrogens (primary N) is 1. The number of hydrogen-bond donors (Lipinski definition) is 3. The number of nitrogens with one attached hydrogen (secondary N) is 1. The largest absolute Gasteiger partial charge is 0.454 e. The van der Waals surface area contributed by atoms with E-state index in [0.29, 0.717) is 6.54 Å². The van der Waals surface area contributed by atoms with Gasteiger partial charge < -0.3 is 25.2 Å². The standard InChI is InChI=1S/C18H24N2O4/c19-16(21)10-20-8-7-18(22)6-2-1-3-13(18)17(20)12-4-5-14-15(9-12)24-11-23-14/h4-5,9,13,17,22H,1-3,6-8,10-11H2,(H2,19,21)/p+1/t13-,17+,18+/m0/s1. The Hall–Kier alpha value is -1.79. The molecule has 0 bridgehead atoms. The maximum atomic E-state index is 11.6. The Bertz CT molecular complexity index is 650. The molecule has 1 amide bonds. The van der Waals surface area contributed by atoms with Gasteiger partial charge >= 0.3 is 0 Å². The number of piperidine rings is 1. The van der Waals surface area contributed by atoms with Gasteiger partial charge in [0, 0.05) is 17.9 Å². The van der Waals surface area contributed by atoms with Gasteiger partial charge in [-0.25, -0.2) is 0 Å². The van der Waals surface area contributed by atoms with Gasteiger partial charge in [0.2, 0.25) is 6.79 Å². The smallest absolute Gasteiger partial charge is 0.272 e. The van der Waals surface area contributed by atoms with Crippen LogP contribution in [0.25, 0.3) is 0 Å². The van der Waals surface area contributed by atoms with Gasteiger partial charge in [0.25, 0.3) is 5.91 Å². The van der Waals surface area contributed by atoms with Crippen LogP contribution in [0.3, 0.4) is 0 Å². The second-order valence-corrected chi connectivity index (χ2v) is 7.35. The van der Waals surface area contributed by atoms with Crippen LogP contribution in [0.4, 0.5) is 0 Å². The molecule has 1 aliphatic carbocycles. The van der Waals surface area contributed by atoms with E-state index in [4.69, 9.17) is 15.2 Å². The lowest BCUT2D eigenvalue weighted by Crippen LogP contribution is -3.16. The first kappa shape index (κ1) is 15.7. The quantitative estimate of drug-likeness (QED) is 0.735. The number of rotatable bonds is 3. The van der Waals surface area contributed by atoms with Crippen molar-refractivity contribution in [3.63, 3.8) is 0 Å². The zero-order valence-electron chi connectivity index (χ0n) is 13.8. The van der Waals surface area contributed by atoms with Gasteiger partial charge in [0.05, 0.1) is 12.1 Å². The maximum absolute atomic E-state index is 11.6. The van der Waals surface area contributed by atoms with Crippen molar-refractivity contribution in [2.45, 2.75) is 43.7 Å². The highest BCUT2D eigenvalue weighted by atomic mass is 16.7. The molecule has 1 aromatic rings. The Morgan fingerprint density at radius 2 is 2.12 bits per heavy atom. The van der Waals surface area contributed by atoms with Crippen LogP contribution >= 0.6 is 0 Å². The van der Waals surface area contributed by atoms with E-state index in [9.17, 15) is 9.90 Å². The average molecular weight is 333 g/mol. The van der Waals surface area contributed by atoms with Gasteiger partial charge in [-0.3, -0.25) is 4.79 Å². The predicted molar refractivity (Wildman–Crippen MR) is 86.7 cm³/mol. The number of aliphatic hydroxyl groups is 1. The molecule has 6 heteroatoms. The molecule has 2 heterocycles. The van der Waals surface area contributed by atoms with Crippen LogP contribution in [-0.4, -0.2) is 36.5 Å². The summed E-state index contributed by atoms with van der Waals surface area (Å²) in [5.74, 6) is 1.35. The summed E-state index contributed by atoms with van der Waals surface area (Å²) in [4.78, 5) is 12.7. The zero-order valence-corrected chi connectivity index (χ0v) is 13.8. The summed E-state index contributed by atoms with van der Waals surface area (Å²) >= 11 is 0. The van der Waals surface area contributed by atoms with Crippen molar-refractivity contribution in [3.05, 3.63) is 23.8 Å². The van der Waals surface area contributed by atoms with E-state index in [1.807, 2.05) is 18.2 Å². The van der Waals surface area contributed by atoms with Gasteiger partial charge in [0.1, 0.15) is 6.04 Å². The number of likely N-dealkylation sites (tertiary alicyclic amines) is 1. The summed E-state index contributed by atoms with van der Waals surface area (Å²) in [6, 6.07) is 6.04. The molecule has 4 rings (SSSR count). The number of quaternary nitrogens is 1. The van der Waals surface area contributed by atoms with E-state index in [1.165, 1.54) is 0 Å². The van der Waals surface area contributed by atoms with E-state index in [0.717, 1.165) is 60.6 Å². The molecule has 1 saturated carbocycles. The Morgan fingerprint density at radius 1 is 1.29 bits per heavy atom. The Labute approximate surface area is 141 Å². The fourth-order valence-electron chi connectivity index (χ4n) is 4.85. The normalized spacial score (nSPS) is 34.6. The van der Waals surface area contributed by atoms with E-state index in [-0.39, 0.29) is 24.7 Å². The van der Waals surface area contributed by atoms with Crippen molar-refractivity contribution in [1.29, 1.82) is 0 Å². The third-order valence-electron chi connectivity index (χ3n) is 5.94. The molecule has 1 saturated heterocycles. The van der Waals surface area contributed by atoms with Gasteiger partial charge in [-0.05, 0) is 31.0 Å². The first-order valence-electron chi connectivity index (χ1n) is 8.82. The third kappa shape index (κ3) is 2.63. The summed E-state index contributed by atoms with van der Waals surface area (Å²) in [5, 5.41) is 11.2. The summed E-state index contributed by atoms with van der Waals surface area (Å²) < 4.78 is 10.9. The molecule has 130 valence electrons. The van der Waals surface area contributed by atoms with Crippen LogP contribution in [-0.2, 0) is 4.79 Å². The SMILES string of the molecule is NC(=O)C[NH+]1CC[C@]2(O)CCCC[C@H]2[C@H]1c1ccc2c(c1)OCO2. The molecular formula is C18H25N2O4+. The highest BCUT2D eigenvalue weighted by Crippen LogP contribution is 2.45. The van der Waals surface area contributed by atoms with Crippen LogP contribution in [0.5, 0.6) is 11.5 Å². The van der Waals surface area contributed by atoms with E-state index in [1.54, 1.807) is 0 Å². The van der Waals surface area contributed by atoms with Crippen molar-refractivity contribution < 1.29 is 24.3 Å². The second-order valence-electron chi connectivity index (χ2n) is 7.35. The lowest BCUT2D eigenvalue weighted by atomic mass is 9.66. The van der Waals surface area contributed by atoms with Crippen LogP contribution < -0.4 is 20.1 Å². The number of hydrogen-bond acceptors (Lipinski definition) is 4. The Kier molecular flexibility index (Phi) is 3.89. The number of primary amides is 1. The van der Waals surface area contributed by atoms with Crippen molar-refractivity contribution in [2.75, 3.05) is 19.9 Å². The summed E-state index contributed by atoms with van der Waals surface area (Å²) in [6.45, 7) is 1.30. The molecule has 24 heavy (non-hydrogen) atoms. The molecule has 2 fully saturated rings. The average Bonchev–Trinajstić information content (AvgIpc) is 3.02. The number of amides is 1. The van der Waals surface area contributed by atoms with Crippen LogP contribution in [0, 0.1) is 5.92 Å². The topological polar surface area (TPSA) is 86.2 Å². The highest BCUT2D eigenvalue weighted by Gasteiger charge is 2.52. The molecule has 4 atom stereocenters. The van der Waals surface area contributed by atoms with Gasteiger partial charge in [-0.2, -0.15) is 0 Å². The maximum Gasteiger partial charge on any atom is 0.272 e. The van der Waals surface area contributed by atoms with E-state index < -0.39 is 5.60 Å². The van der Waals surface area contributed by atoms with Crippen LogP contribution in [0.1, 0.15) is 43.7 Å². The molecule has 1 unspecified atom stereocenters. The van der Waals surface area contributed by atoms with Gasteiger partial charge in [-0.1, -0.05) is 12.8 Å². The minimum Gasteiger partial charge on any atom is -0.454 e. The first-order valence-corrected chi connectivity index (χ1v) is 8.82. The summed E-state index contributed by atoms with van der Waals surface area (Å²) in [6.07, 6.45) is 4.77. The van der Waals surface area contributed by atoms with Gasteiger partial charge in [-0.15, -0.1) is 0 Å². The summed E-state index contributed by atoms with van der Waals surface area (Å²) in [5.41, 5.74) is 5.96. The lowest BCUT2D eigenvalue weighted by molar-refractivity contribution is -0.937. The first-order chi connectivity index (χ1) is 11.6. The van der Waals surface area contributed by atoms with Crippen molar-refractivity contribution in [2.24, 2.45) is 11.7 Å². The highest BCUT2D eigenvalue weighted by molar-refractivity contribution is 5.74. The van der Waals surface area contributed by atoms with E-state index in [2.05, 4.69) is 0 Å². The van der Waals surface area contributed by atoms with Gasteiger partial charge in [0.15, 0.2) is 18.0 Å². The third-order valence-corrected chi connectivity index (χ3v) is 5.94. The van der Waals surface area contributed by atoms with Crippen LogP contribution in [0.15, 0.2) is 18.2 Å². The lowest BCUT2D eigenvalue weighted by Gasteiger charge is -2.50. The van der Waals surface area contributed by atoms with Crippen molar-refractivity contribution in [1.82, 2.24) is 0 Å². The van der Waals surface area contributed by atoms with E-state index >= 15 is 0 Å². The number of carbonyl (C=O) groups is 1. The van der Waals surface area contributed by atoms with Crippen LogP contribution in [0.2, 0.25) is 0 Å². The monoisotopic (exact) mass is 333 g/mol. The number of benzene rings is 1. The minimum atomic E-state index is -0.625. The molecule has 0 aromatic heterocycles. The van der Waals surface area contributed by atoms with Crippen molar-refractivity contribution in [3.8, 4) is 11.5 Å².